The highest BCUT2D eigenvalue weighted by molar-refractivity contribution is 5.89. The molecule has 26 heavy (non-hydrogen) atoms. The molecule has 3 heterocycles. The lowest BCUT2D eigenvalue weighted by Crippen LogP contribution is -2.41. The van der Waals surface area contributed by atoms with Crippen LogP contribution in [0.1, 0.15) is 19.3 Å². The number of rotatable bonds is 3. The molecule has 6 heteroatoms. The van der Waals surface area contributed by atoms with E-state index in [0.29, 0.717) is 23.6 Å². The second kappa shape index (κ2) is 7.33. The SMILES string of the molecule is CN1[C@H]2CC[C@@H]1CN(C(=O)Nc1ccc(Oc3cccnc3)cc1)CC2. The number of carbonyl (C=O) groups excluding carboxylic acids is 1. The van der Waals surface area contributed by atoms with Crippen LogP contribution in [0.2, 0.25) is 0 Å². The second-order valence-corrected chi connectivity index (χ2v) is 7.03. The maximum Gasteiger partial charge on any atom is 0.321 e. The predicted molar refractivity (Wildman–Crippen MR) is 101 cm³/mol. The van der Waals surface area contributed by atoms with Crippen molar-refractivity contribution in [3.63, 3.8) is 0 Å². The van der Waals surface area contributed by atoms with Crippen LogP contribution >= 0.6 is 0 Å². The number of nitrogens with zero attached hydrogens (tertiary/aromatic N) is 3. The Balaban J connectivity index is 1.36. The van der Waals surface area contributed by atoms with Crippen molar-refractivity contribution in [1.29, 1.82) is 0 Å². The van der Waals surface area contributed by atoms with Crippen molar-refractivity contribution in [2.75, 3.05) is 25.5 Å². The quantitative estimate of drug-likeness (QED) is 0.917. The molecule has 1 N–H and O–H groups in total. The number of likely N-dealkylation sites (N-methyl/N-ethyl adjacent to an activating group) is 1. The third-order valence-corrected chi connectivity index (χ3v) is 5.41. The predicted octanol–water partition coefficient (Wildman–Crippen LogP) is 3.57. The molecule has 4 rings (SSSR count). The minimum absolute atomic E-state index is 0.0214. The molecular formula is C20H24N4O2. The Kier molecular flexibility index (Phi) is 4.75. The van der Waals surface area contributed by atoms with Crippen molar-refractivity contribution >= 4 is 11.7 Å². The number of amides is 2. The van der Waals surface area contributed by atoms with E-state index < -0.39 is 0 Å². The zero-order valence-corrected chi connectivity index (χ0v) is 15.0. The molecule has 2 saturated heterocycles. The van der Waals surface area contributed by atoms with Gasteiger partial charge in [0.2, 0.25) is 0 Å². The lowest BCUT2D eigenvalue weighted by Gasteiger charge is -2.26. The van der Waals surface area contributed by atoms with Crippen LogP contribution in [0.4, 0.5) is 10.5 Å². The van der Waals surface area contributed by atoms with Gasteiger partial charge in [0.05, 0.1) is 6.20 Å². The summed E-state index contributed by atoms with van der Waals surface area (Å²) in [4.78, 5) is 21.1. The van der Waals surface area contributed by atoms with E-state index in [0.717, 1.165) is 25.2 Å². The van der Waals surface area contributed by atoms with Gasteiger partial charge in [-0.1, -0.05) is 0 Å². The van der Waals surface area contributed by atoms with Crippen LogP contribution < -0.4 is 10.1 Å². The van der Waals surface area contributed by atoms with Crippen LogP contribution in [0, 0.1) is 0 Å². The second-order valence-electron chi connectivity index (χ2n) is 7.03. The molecule has 2 aliphatic heterocycles. The van der Waals surface area contributed by atoms with Gasteiger partial charge in [-0.3, -0.25) is 9.88 Å². The van der Waals surface area contributed by atoms with Gasteiger partial charge in [0.1, 0.15) is 11.5 Å². The van der Waals surface area contributed by atoms with Gasteiger partial charge < -0.3 is 15.0 Å². The summed E-state index contributed by atoms with van der Waals surface area (Å²) < 4.78 is 5.73. The lowest BCUT2D eigenvalue weighted by molar-refractivity contribution is 0.200. The first-order valence-corrected chi connectivity index (χ1v) is 9.15. The van der Waals surface area contributed by atoms with Crippen LogP contribution in [0.5, 0.6) is 11.5 Å². The molecule has 2 fully saturated rings. The first-order valence-electron chi connectivity index (χ1n) is 9.15. The van der Waals surface area contributed by atoms with Crippen LogP contribution in [0.15, 0.2) is 48.8 Å². The number of hydrogen-bond donors (Lipinski definition) is 1. The number of likely N-dealkylation sites (tertiary alicyclic amines) is 1. The van der Waals surface area contributed by atoms with E-state index in [4.69, 9.17) is 4.74 Å². The average Bonchev–Trinajstić information content (AvgIpc) is 2.89. The van der Waals surface area contributed by atoms with Gasteiger partial charge >= 0.3 is 6.03 Å². The topological polar surface area (TPSA) is 57.7 Å². The highest BCUT2D eigenvalue weighted by Crippen LogP contribution is 2.29. The largest absolute Gasteiger partial charge is 0.456 e. The molecule has 1 aromatic carbocycles. The van der Waals surface area contributed by atoms with E-state index in [2.05, 4.69) is 22.2 Å². The lowest BCUT2D eigenvalue weighted by atomic mass is 10.1. The molecule has 0 radical (unpaired) electrons. The summed E-state index contributed by atoms with van der Waals surface area (Å²) in [6, 6.07) is 12.2. The van der Waals surface area contributed by atoms with Crippen LogP contribution in [-0.4, -0.2) is 53.0 Å². The molecule has 2 atom stereocenters. The number of urea groups is 1. The fourth-order valence-electron chi connectivity index (χ4n) is 3.85. The van der Waals surface area contributed by atoms with Crippen molar-refractivity contribution in [1.82, 2.24) is 14.8 Å². The van der Waals surface area contributed by atoms with Crippen molar-refractivity contribution in [2.24, 2.45) is 0 Å². The Morgan fingerprint density at radius 1 is 1.12 bits per heavy atom. The van der Waals surface area contributed by atoms with Gasteiger partial charge in [0, 0.05) is 37.1 Å². The number of aromatic nitrogens is 1. The van der Waals surface area contributed by atoms with Gasteiger partial charge in [0.25, 0.3) is 0 Å². The first-order chi connectivity index (χ1) is 12.7. The van der Waals surface area contributed by atoms with E-state index in [1.54, 1.807) is 12.4 Å². The number of anilines is 1. The van der Waals surface area contributed by atoms with Crippen molar-refractivity contribution < 1.29 is 9.53 Å². The number of hydrogen-bond acceptors (Lipinski definition) is 4. The summed E-state index contributed by atoms with van der Waals surface area (Å²) in [5.41, 5.74) is 0.774. The van der Waals surface area contributed by atoms with Crippen molar-refractivity contribution in [3.05, 3.63) is 48.8 Å². The summed E-state index contributed by atoms with van der Waals surface area (Å²) in [6.07, 6.45) is 6.87. The Morgan fingerprint density at radius 2 is 1.92 bits per heavy atom. The molecule has 2 aromatic rings. The number of pyridine rings is 1. The fourth-order valence-corrected chi connectivity index (χ4v) is 3.85. The molecule has 2 aliphatic rings. The van der Waals surface area contributed by atoms with Gasteiger partial charge in [-0.15, -0.1) is 0 Å². The van der Waals surface area contributed by atoms with E-state index in [9.17, 15) is 4.79 Å². The Bertz CT molecular complexity index is 750. The number of nitrogens with one attached hydrogen (secondary N) is 1. The van der Waals surface area contributed by atoms with Gasteiger partial charge in [0.15, 0.2) is 0 Å². The highest BCUT2D eigenvalue weighted by Gasteiger charge is 2.35. The normalized spacial score (nSPS) is 22.7. The zero-order valence-electron chi connectivity index (χ0n) is 15.0. The van der Waals surface area contributed by atoms with Crippen LogP contribution in [0.25, 0.3) is 0 Å². The summed E-state index contributed by atoms with van der Waals surface area (Å²) in [5, 5.41) is 3.01. The maximum atomic E-state index is 12.6. The molecule has 2 amide bonds. The molecule has 2 bridgehead atoms. The van der Waals surface area contributed by atoms with E-state index >= 15 is 0 Å². The van der Waals surface area contributed by atoms with Crippen LogP contribution in [0.3, 0.4) is 0 Å². The van der Waals surface area contributed by atoms with Crippen molar-refractivity contribution in [3.8, 4) is 11.5 Å². The molecule has 136 valence electrons. The van der Waals surface area contributed by atoms with Gasteiger partial charge in [-0.25, -0.2) is 4.79 Å². The van der Waals surface area contributed by atoms with Crippen molar-refractivity contribution in [2.45, 2.75) is 31.3 Å². The van der Waals surface area contributed by atoms with Gasteiger partial charge in [-0.05, 0) is 62.7 Å². The molecule has 0 aliphatic carbocycles. The molecule has 0 spiro atoms. The van der Waals surface area contributed by atoms with E-state index in [1.165, 1.54) is 12.8 Å². The Morgan fingerprint density at radius 3 is 2.69 bits per heavy atom. The first kappa shape index (κ1) is 16.8. The average molecular weight is 352 g/mol. The molecule has 1 aromatic heterocycles. The number of fused-ring (bicyclic) bond motifs is 2. The third-order valence-electron chi connectivity index (χ3n) is 5.41. The number of carbonyl (C=O) groups is 1. The molecule has 0 unspecified atom stereocenters. The fraction of sp³-hybridized carbons (Fsp3) is 0.400. The molecule has 0 saturated carbocycles. The molecule has 6 nitrogen and oxygen atoms in total. The minimum Gasteiger partial charge on any atom is -0.456 e. The van der Waals surface area contributed by atoms with Crippen LogP contribution in [-0.2, 0) is 0 Å². The standard InChI is InChI=1S/C20H24N4O2/c1-23-16-6-7-17(23)14-24(12-10-16)20(25)22-15-4-8-18(9-5-15)26-19-3-2-11-21-13-19/h2-5,8-9,11,13,16-17H,6-7,10,12,14H2,1H3,(H,22,25)/t16-,17+/m0/s1. The maximum absolute atomic E-state index is 12.6. The zero-order chi connectivity index (χ0) is 17.9. The monoisotopic (exact) mass is 352 g/mol. The highest BCUT2D eigenvalue weighted by atomic mass is 16.5. The Labute approximate surface area is 153 Å². The number of benzene rings is 1. The third kappa shape index (κ3) is 3.65. The smallest absolute Gasteiger partial charge is 0.321 e. The number of ether oxygens (including phenoxy) is 1. The Hall–Kier alpha value is -2.60. The summed E-state index contributed by atoms with van der Waals surface area (Å²) in [5.74, 6) is 1.40. The van der Waals surface area contributed by atoms with Gasteiger partial charge in [-0.2, -0.15) is 0 Å². The summed E-state index contributed by atoms with van der Waals surface area (Å²) in [6.45, 7) is 1.63. The van der Waals surface area contributed by atoms with E-state index in [-0.39, 0.29) is 6.03 Å². The molecular weight excluding hydrogens is 328 g/mol. The summed E-state index contributed by atoms with van der Waals surface area (Å²) in [7, 11) is 2.19. The minimum atomic E-state index is -0.0214. The van der Waals surface area contributed by atoms with E-state index in [1.807, 2.05) is 41.3 Å². The summed E-state index contributed by atoms with van der Waals surface area (Å²) >= 11 is 0.